The molecule has 2 aromatic carbocycles. The second-order valence-electron chi connectivity index (χ2n) is 7.03. The van der Waals surface area contributed by atoms with Crippen LogP contribution in [0.4, 0.5) is 10.1 Å². The van der Waals surface area contributed by atoms with E-state index in [1.165, 1.54) is 28.8 Å². The average molecular weight is 448 g/mol. The summed E-state index contributed by atoms with van der Waals surface area (Å²) in [6.07, 6.45) is 0. The van der Waals surface area contributed by atoms with Gasteiger partial charge in [0.25, 0.3) is 5.91 Å². The van der Waals surface area contributed by atoms with Gasteiger partial charge < -0.3 is 14.7 Å². The van der Waals surface area contributed by atoms with Crippen LogP contribution in [-0.2, 0) is 9.59 Å². The van der Waals surface area contributed by atoms with Gasteiger partial charge in [-0.05, 0) is 30.3 Å². The third-order valence-corrected chi connectivity index (χ3v) is 6.54. The van der Waals surface area contributed by atoms with Crippen molar-refractivity contribution in [1.82, 2.24) is 9.80 Å². The number of halogens is 2. The summed E-state index contributed by atoms with van der Waals surface area (Å²) in [5.74, 6) is -0.724. The molecule has 1 saturated heterocycles. The van der Waals surface area contributed by atoms with E-state index in [4.69, 9.17) is 11.6 Å². The lowest BCUT2D eigenvalue weighted by Crippen LogP contribution is -2.53. The van der Waals surface area contributed by atoms with Gasteiger partial charge in [0, 0.05) is 31.1 Å². The maximum atomic E-state index is 13.2. The number of thioether (sulfide) groups is 1. The van der Waals surface area contributed by atoms with Gasteiger partial charge >= 0.3 is 0 Å². The molecule has 0 unspecified atom stereocenters. The number of benzene rings is 2. The number of anilines is 1. The van der Waals surface area contributed by atoms with E-state index >= 15 is 0 Å². The molecule has 0 N–H and O–H groups in total. The number of hydrogen-bond donors (Lipinski definition) is 0. The van der Waals surface area contributed by atoms with Crippen molar-refractivity contribution in [3.05, 3.63) is 58.9 Å². The molecule has 0 bridgehead atoms. The first-order valence-electron chi connectivity index (χ1n) is 9.48. The predicted octanol–water partition coefficient (Wildman–Crippen LogP) is 2.90. The minimum atomic E-state index is -0.501. The van der Waals surface area contributed by atoms with Crippen LogP contribution in [0.15, 0.2) is 47.4 Å². The molecule has 3 amide bonds. The zero-order chi connectivity index (χ0) is 21.3. The molecule has 2 aromatic rings. The highest BCUT2D eigenvalue weighted by atomic mass is 35.5. The summed E-state index contributed by atoms with van der Waals surface area (Å²) in [5.41, 5.74) is 0.998. The van der Waals surface area contributed by atoms with Gasteiger partial charge in [0.05, 0.1) is 22.0 Å². The summed E-state index contributed by atoms with van der Waals surface area (Å²) in [4.78, 5) is 43.6. The molecular weight excluding hydrogens is 429 g/mol. The van der Waals surface area contributed by atoms with Gasteiger partial charge in [-0.1, -0.05) is 23.7 Å². The predicted molar refractivity (Wildman–Crippen MR) is 113 cm³/mol. The molecular formula is C21H19ClFN3O3S. The Morgan fingerprint density at radius 1 is 1.03 bits per heavy atom. The standard InChI is InChI=1S/C21H19ClFN3O3S/c22-16-11-14(23)5-6-15(16)21(29)25-9-7-24(8-10-25)19(27)12-26-17-3-1-2-4-18(17)30-13-20(26)28/h1-6,11H,7-10,12-13H2. The Morgan fingerprint density at radius 3 is 2.47 bits per heavy atom. The Bertz CT molecular complexity index is 1010. The maximum absolute atomic E-state index is 13.2. The lowest BCUT2D eigenvalue weighted by atomic mass is 10.1. The quantitative estimate of drug-likeness (QED) is 0.726. The van der Waals surface area contributed by atoms with Gasteiger partial charge in [-0.15, -0.1) is 11.8 Å². The summed E-state index contributed by atoms with van der Waals surface area (Å²) in [6.45, 7) is 1.40. The average Bonchev–Trinajstić information content (AvgIpc) is 2.75. The lowest BCUT2D eigenvalue weighted by Gasteiger charge is -2.36. The zero-order valence-corrected chi connectivity index (χ0v) is 17.6. The van der Waals surface area contributed by atoms with Gasteiger partial charge in [0.2, 0.25) is 11.8 Å². The van der Waals surface area contributed by atoms with E-state index < -0.39 is 5.82 Å². The maximum Gasteiger partial charge on any atom is 0.255 e. The van der Waals surface area contributed by atoms with Crippen molar-refractivity contribution in [3.63, 3.8) is 0 Å². The van der Waals surface area contributed by atoms with Crippen LogP contribution in [0.2, 0.25) is 5.02 Å². The number of fused-ring (bicyclic) bond motifs is 1. The van der Waals surface area contributed by atoms with Crippen LogP contribution in [-0.4, -0.2) is 66.0 Å². The summed E-state index contributed by atoms with van der Waals surface area (Å²) >= 11 is 7.47. The summed E-state index contributed by atoms with van der Waals surface area (Å²) in [5, 5.41) is 0.0682. The van der Waals surface area contributed by atoms with Crippen molar-refractivity contribution in [2.75, 3.05) is 43.4 Å². The molecule has 0 atom stereocenters. The third-order valence-electron chi connectivity index (χ3n) is 5.18. The Kier molecular flexibility index (Phi) is 5.97. The third kappa shape index (κ3) is 4.15. The summed E-state index contributed by atoms with van der Waals surface area (Å²) in [7, 11) is 0. The number of nitrogens with zero attached hydrogens (tertiary/aromatic N) is 3. The summed E-state index contributed by atoms with van der Waals surface area (Å²) in [6, 6.07) is 11.2. The normalized spacial score (nSPS) is 16.5. The molecule has 1 fully saturated rings. The minimum Gasteiger partial charge on any atom is -0.338 e. The Labute approximate surface area is 182 Å². The number of carbonyl (C=O) groups excluding carboxylic acids is 3. The highest BCUT2D eigenvalue weighted by molar-refractivity contribution is 8.00. The Morgan fingerprint density at radius 2 is 1.73 bits per heavy atom. The van der Waals surface area contributed by atoms with Crippen molar-refractivity contribution < 1.29 is 18.8 Å². The van der Waals surface area contributed by atoms with Crippen LogP contribution in [0.25, 0.3) is 0 Å². The molecule has 0 aliphatic carbocycles. The Hall–Kier alpha value is -2.58. The number of rotatable bonds is 3. The largest absolute Gasteiger partial charge is 0.338 e. The van der Waals surface area contributed by atoms with E-state index in [9.17, 15) is 18.8 Å². The van der Waals surface area contributed by atoms with Crippen molar-refractivity contribution in [2.24, 2.45) is 0 Å². The number of hydrogen-bond acceptors (Lipinski definition) is 4. The SMILES string of the molecule is O=C(CN1C(=O)CSc2ccccc21)N1CCN(C(=O)c2ccc(F)cc2Cl)CC1. The van der Waals surface area contributed by atoms with E-state index in [2.05, 4.69) is 0 Å². The van der Waals surface area contributed by atoms with Crippen molar-refractivity contribution in [3.8, 4) is 0 Å². The first kappa shape index (κ1) is 20.7. The molecule has 30 heavy (non-hydrogen) atoms. The monoisotopic (exact) mass is 447 g/mol. The number of carbonyl (C=O) groups is 3. The zero-order valence-electron chi connectivity index (χ0n) is 16.0. The van der Waals surface area contributed by atoms with Crippen LogP contribution < -0.4 is 4.90 Å². The van der Waals surface area contributed by atoms with E-state index in [0.717, 1.165) is 16.6 Å². The first-order chi connectivity index (χ1) is 14.4. The van der Waals surface area contributed by atoms with Gasteiger partial charge in [0.1, 0.15) is 12.4 Å². The van der Waals surface area contributed by atoms with Crippen LogP contribution in [0.3, 0.4) is 0 Å². The van der Waals surface area contributed by atoms with Gasteiger partial charge in [-0.3, -0.25) is 14.4 Å². The fraction of sp³-hybridized carbons (Fsp3) is 0.286. The first-order valence-corrected chi connectivity index (χ1v) is 10.8. The fourth-order valence-corrected chi connectivity index (χ4v) is 4.74. The molecule has 0 saturated carbocycles. The number of para-hydroxylation sites is 1. The fourth-order valence-electron chi connectivity index (χ4n) is 3.55. The molecule has 2 aliphatic rings. The van der Waals surface area contributed by atoms with Gasteiger partial charge in [-0.25, -0.2) is 4.39 Å². The van der Waals surface area contributed by atoms with Crippen molar-refractivity contribution >= 4 is 46.8 Å². The second-order valence-corrected chi connectivity index (χ2v) is 8.46. The summed E-state index contributed by atoms with van der Waals surface area (Å²) < 4.78 is 13.2. The smallest absolute Gasteiger partial charge is 0.255 e. The molecule has 2 heterocycles. The number of piperazine rings is 1. The van der Waals surface area contributed by atoms with Crippen LogP contribution >= 0.6 is 23.4 Å². The highest BCUT2D eigenvalue weighted by Crippen LogP contribution is 2.34. The Balaban J connectivity index is 1.38. The van der Waals surface area contributed by atoms with Crippen LogP contribution in [0, 0.1) is 5.82 Å². The van der Waals surface area contributed by atoms with Crippen LogP contribution in [0.1, 0.15) is 10.4 Å². The lowest BCUT2D eigenvalue weighted by molar-refractivity contribution is -0.132. The highest BCUT2D eigenvalue weighted by Gasteiger charge is 2.30. The van der Waals surface area contributed by atoms with Gasteiger partial charge in [0.15, 0.2) is 0 Å². The molecule has 4 rings (SSSR count). The molecule has 2 aliphatic heterocycles. The topological polar surface area (TPSA) is 60.9 Å². The van der Waals surface area contributed by atoms with Gasteiger partial charge in [-0.2, -0.15) is 0 Å². The molecule has 156 valence electrons. The molecule has 0 aromatic heterocycles. The molecule has 0 radical (unpaired) electrons. The molecule has 0 spiro atoms. The second kappa shape index (κ2) is 8.65. The van der Waals surface area contributed by atoms with E-state index in [1.54, 1.807) is 9.80 Å². The van der Waals surface area contributed by atoms with Crippen LogP contribution in [0.5, 0.6) is 0 Å². The number of amides is 3. The van der Waals surface area contributed by atoms with E-state index in [-0.39, 0.29) is 34.9 Å². The minimum absolute atomic E-state index is 0.0197. The molecule has 9 heteroatoms. The van der Waals surface area contributed by atoms with Crippen molar-refractivity contribution in [2.45, 2.75) is 4.90 Å². The van der Waals surface area contributed by atoms with Crippen molar-refractivity contribution in [1.29, 1.82) is 0 Å². The van der Waals surface area contributed by atoms with E-state index in [1.807, 2.05) is 24.3 Å². The van der Waals surface area contributed by atoms with E-state index in [0.29, 0.717) is 31.9 Å². The molecule has 6 nitrogen and oxygen atoms in total.